The summed E-state index contributed by atoms with van der Waals surface area (Å²) in [5, 5.41) is 7.72. The van der Waals surface area contributed by atoms with Crippen LogP contribution in [0.4, 0.5) is 5.13 Å². The number of nitrogens with zero attached hydrogens (tertiary/aromatic N) is 1. The highest BCUT2D eigenvalue weighted by Crippen LogP contribution is 2.32. The van der Waals surface area contributed by atoms with Crippen molar-refractivity contribution < 1.29 is 14.3 Å². The Hall–Kier alpha value is -3.38. The molecule has 1 N–H and O–H groups in total. The SMILES string of the molecule is O=C(Nc1nc(-c2ccc3ccccc3c2)cs1)c1ccc2c(c1)OCCO2. The molecule has 0 radical (unpaired) electrons. The molecule has 138 valence electrons. The molecule has 1 aliphatic rings. The Balaban J connectivity index is 1.36. The first-order valence-corrected chi connectivity index (χ1v) is 9.80. The van der Waals surface area contributed by atoms with E-state index >= 15 is 0 Å². The molecule has 28 heavy (non-hydrogen) atoms. The molecule has 0 aliphatic carbocycles. The number of nitrogens with one attached hydrogen (secondary N) is 1. The van der Waals surface area contributed by atoms with Gasteiger partial charge in [-0.25, -0.2) is 4.98 Å². The summed E-state index contributed by atoms with van der Waals surface area (Å²) in [6.45, 7) is 1.01. The molecule has 2 heterocycles. The number of ether oxygens (including phenoxy) is 2. The van der Waals surface area contributed by atoms with Crippen LogP contribution in [0.1, 0.15) is 10.4 Å². The molecule has 1 aromatic heterocycles. The van der Waals surface area contributed by atoms with E-state index in [1.165, 1.54) is 16.7 Å². The highest BCUT2D eigenvalue weighted by atomic mass is 32.1. The molecule has 0 saturated heterocycles. The molecular formula is C22H16N2O3S. The normalized spacial score (nSPS) is 12.7. The smallest absolute Gasteiger partial charge is 0.257 e. The highest BCUT2D eigenvalue weighted by Gasteiger charge is 2.16. The third-order valence-electron chi connectivity index (χ3n) is 4.57. The van der Waals surface area contributed by atoms with Crippen LogP contribution in [-0.4, -0.2) is 24.1 Å². The quantitative estimate of drug-likeness (QED) is 0.537. The molecule has 0 atom stereocenters. The Morgan fingerprint density at radius 3 is 2.64 bits per heavy atom. The van der Waals surface area contributed by atoms with Gasteiger partial charge < -0.3 is 9.47 Å². The predicted molar refractivity (Wildman–Crippen MR) is 110 cm³/mol. The van der Waals surface area contributed by atoms with Crippen LogP contribution in [0.2, 0.25) is 0 Å². The van der Waals surface area contributed by atoms with Crippen LogP contribution in [0, 0.1) is 0 Å². The zero-order chi connectivity index (χ0) is 18.9. The lowest BCUT2D eigenvalue weighted by molar-refractivity contribution is 0.102. The van der Waals surface area contributed by atoms with Gasteiger partial charge in [0, 0.05) is 16.5 Å². The molecular weight excluding hydrogens is 372 g/mol. The molecule has 1 aliphatic heterocycles. The number of carbonyl (C=O) groups excluding carboxylic acids is 1. The second kappa shape index (κ2) is 6.98. The molecule has 5 rings (SSSR count). The maximum Gasteiger partial charge on any atom is 0.257 e. The lowest BCUT2D eigenvalue weighted by Crippen LogP contribution is -2.17. The number of carbonyl (C=O) groups is 1. The summed E-state index contributed by atoms with van der Waals surface area (Å²) < 4.78 is 11.0. The second-order valence-electron chi connectivity index (χ2n) is 6.41. The Morgan fingerprint density at radius 2 is 1.75 bits per heavy atom. The fourth-order valence-corrected chi connectivity index (χ4v) is 3.88. The summed E-state index contributed by atoms with van der Waals surface area (Å²) in [5.74, 6) is 1.03. The maximum atomic E-state index is 12.6. The van der Waals surface area contributed by atoms with Gasteiger partial charge in [-0.1, -0.05) is 36.4 Å². The van der Waals surface area contributed by atoms with E-state index in [4.69, 9.17) is 9.47 Å². The van der Waals surface area contributed by atoms with Crippen molar-refractivity contribution >= 4 is 33.1 Å². The van der Waals surface area contributed by atoms with Gasteiger partial charge in [0.25, 0.3) is 5.91 Å². The fraction of sp³-hybridized carbons (Fsp3) is 0.0909. The molecule has 4 aromatic rings. The van der Waals surface area contributed by atoms with Crippen molar-refractivity contribution in [3.8, 4) is 22.8 Å². The zero-order valence-electron chi connectivity index (χ0n) is 14.8. The van der Waals surface area contributed by atoms with Crippen molar-refractivity contribution in [2.45, 2.75) is 0 Å². The average molecular weight is 388 g/mol. The summed E-state index contributed by atoms with van der Waals surface area (Å²) in [6.07, 6.45) is 0. The minimum absolute atomic E-state index is 0.226. The van der Waals surface area contributed by atoms with Gasteiger partial charge in [-0.05, 0) is 35.0 Å². The minimum Gasteiger partial charge on any atom is -0.486 e. The highest BCUT2D eigenvalue weighted by molar-refractivity contribution is 7.14. The summed E-state index contributed by atoms with van der Waals surface area (Å²) in [5.41, 5.74) is 2.37. The molecule has 0 spiro atoms. The number of rotatable bonds is 3. The van der Waals surface area contributed by atoms with E-state index in [0.29, 0.717) is 35.4 Å². The zero-order valence-corrected chi connectivity index (χ0v) is 15.7. The van der Waals surface area contributed by atoms with E-state index in [9.17, 15) is 4.79 Å². The Kier molecular flexibility index (Phi) is 4.18. The maximum absolute atomic E-state index is 12.6. The molecule has 5 nitrogen and oxygen atoms in total. The van der Waals surface area contributed by atoms with Gasteiger partial charge in [0.05, 0.1) is 5.69 Å². The first kappa shape index (κ1) is 16.8. The average Bonchev–Trinajstić information content (AvgIpc) is 3.21. The molecule has 3 aromatic carbocycles. The van der Waals surface area contributed by atoms with E-state index in [0.717, 1.165) is 16.6 Å². The number of hydrogen-bond acceptors (Lipinski definition) is 5. The first-order chi connectivity index (χ1) is 13.8. The van der Waals surface area contributed by atoms with Gasteiger partial charge in [-0.15, -0.1) is 11.3 Å². The van der Waals surface area contributed by atoms with Gasteiger partial charge in [0.15, 0.2) is 16.6 Å². The number of fused-ring (bicyclic) bond motifs is 2. The Labute approximate surface area is 165 Å². The van der Waals surface area contributed by atoms with Crippen LogP contribution < -0.4 is 14.8 Å². The van der Waals surface area contributed by atoms with Crippen LogP contribution in [0.15, 0.2) is 66.0 Å². The van der Waals surface area contributed by atoms with Crippen molar-refractivity contribution in [3.05, 3.63) is 71.6 Å². The third-order valence-corrected chi connectivity index (χ3v) is 5.33. The lowest BCUT2D eigenvalue weighted by atomic mass is 10.1. The largest absolute Gasteiger partial charge is 0.486 e. The van der Waals surface area contributed by atoms with Gasteiger partial charge in [0.2, 0.25) is 0 Å². The molecule has 0 fully saturated rings. The molecule has 0 unspecified atom stereocenters. The molecule has 1 amide bonds. The van der Waals surface area contributed by atoms with Gasteiger partial charge in [0.1, 0.15) is 13.2 Å². The van der Waals surface area contributed by atoms with Crippen molar-refractivity contribution in [2.75, 3.05) is 18.5 Å². The van der Waals surface area contributed by atoms with E-state index in [2.05, 4.69) is 34.6 Å². The number of anilines is 1. The van der Waals surface area contributed by atoms with Crippen LogP contribution in [0.25, 0.3) is 22.0 Å². The number of hydrogen-bond donors (Lipinski definition) is 1. The summed E-state index contributed by atoms with van der Waals surface area (Å²) >= 11 is 1.40. The molecule has 0 saturated carbocycles. The van der Waals surface area contributed by atoms with Crippen LogP contribution in [0.5, 0.6) is 11.5 Å². The number of thiazole rings is 1. The van der Waals surface area contributed by atoms with Gasteiger partial charge in [-0.3, -0.25) is 10.1 Å². The predicted octanol–water partition coefficient (Wildman–Crippen LogP) is 4.99. The molecule has 6 heteroatoms. The van der Waals surface area contributed by atoms with Crippen LogP contribution in [-0.2, 0) is 0 Å². The number of aromatic nitrogens is 1. The topological polar surface area (TPSA) is 60.5 Å². The standard InChI is InChI=1S/C22H16N2O3S/c25-21(17-7-8-19-20(12-17)27-10-9-26-19)24-22-23-18(13-28-22)16-6-5-14-3-1-2-4-15(14)11-16/h1-8,11-13H,9-10H2,(H,23,24,25). The van der Waals surface area contributed by atoms with Crippen LogP contribution >= 0.6 is 11.3 Å². The summed E-state index contributed by atoms with van der Waals surface area (Å²) in [7, 11) is 0. The minimum atomic E-state index is -0.226. The first-order valence-electron chi connectivity index (χ1n) is 8.92. The van der Waals surface area contributed by atoms with Crippen molar-refractivity contribution in [2.24, 2.45) is 0 Å². The monoisotopic (exact) mass is 388 g/mol. The summed E-state index contributed by atoms with van der Waals surface area (Å²) in [6, 6.07) is 19.6. The van der Waals surface area contributed by atoms with E-state index in [-0.39, 0.29) is 5.91 Å². The summed E-state index contributed by atoms with van der Waals surface area (Å²) in [4.78, 5) is 17.2. The van der Waals surface area contributed by atoms with Gasteiger partial charge in [-0.2, -0.15) is 0 Å². The Bertz CT molecular complexity index is 1190. The van der Waals surface area contributed by atoms with Crippen molar-refractivity contribution in [1.82, 2.24) is 4.98 Å². The van der Waals surface area contributed by atoms with Gasteiger partial charge >= 0.3 is 0 Å². The van der Waals surface area contributed by atoms with E-state index in [1.54, 1.807) is 18.2 Å². The third kappa shape index (κ3) is 3.18. The van der Waals surface area contributed by atoms with E-state index < -0.39 is 0 Å². The van der Waals surface area contributed by atoms with Crippen molar-refractivity contribution in [3.63, 3.8) is 0 Å². The number of amides is 1. The van der Waals surface area contributed by atoms with Crippen molar-refractivity contribution in [1.29, 1.82) is 0 Å². The van der Waals surface area contributed by atoms with E-state index in [1.807, 2.05) is 23.6 Å². The second-order valence-corrected chi connectivity index (χ2v) is 7.27. The Morgan fingerprint density at radius 1 is 0.929 bits per heavy atom. The molecule has 0 bridgehead atoms. The lowest BCUT2D eigenvalue weighted by Gasteiger charge is -2.18. The van der Waals surface area contributed by atoms with Crippen LogP contribution in [0.3, 0.4) is 0 Å². The fourth-order valence-electron chi connectivity index (χ4n) is 3.17. The number of benzene rings is 3.